The Morgan fingerprint density at radius 1 is 0.974 bits per heavy atom. The number of benzene rings is 3. The van der Waals surface area contributed by atoms with E-state index in [1.54, 1.807) is 25.1 Å². The summed E-state index contributed by atoms with van der Waals surface area (Å²) < 4.78 is 42.2. The maximum absolute atomic E-state index is 13.9. The summed E-state index contributed by atoms with van der Waals surface area (Å²) >= 11 is 5.98. The van der Waals surface area contributed by atoms with Crippen LogP contribution in [0.15, 0.2) is 83.8 Å². The predicted octanol–water partition coefficient (Wildman–Crippen LogP) is 5.05. The number of carbonyl (C=O) groups excluding carboxylic acids is 2. The summed E-state index contributed by atoms with van der Waals surface area (Å²) in [6.07, 6.45) is 1.17. The summed E-state index contributed by atoms with van der Waals surface area (Å²) in [5.41, 5.74) is 0.988. The number of rotatable bonds is 12. The molecular weight excluding hydrogens is 541 g/mol. The Morgan fingerprint density at radius 3 is 2.18 bits per heavy atom. The first-order valence-corrected chi connectivity index (χ1v) is 14.5. The molecule has 2 amide bonds. The first-order valence-electron chi connectivity index (χ1n) is 12.7. The number of nitrogens with zero attached hydrogens (tertiary/aromatic N) is 2. The molecule has 0 saturated heterocycles. The van der Waals surface area contributed by atoms with Gasteiger partial charge in [0.2, 0.25) is 11.8 Å². The zero-order valence-electron chi connectivity index (χ0n) is 22.2. The first kappa shape index (κ1) is 30.1. The topological polar surface area (TPSA) is 86.8 Å². The number of amides is 2. The predicted molar refractivity (Wildman–Crippen MR) is 152 cm³/mol. The molecule has 7 nitrogen and oxygen atoms in total. The maximum Gasteiger partial charge on any atom is 0.264 e. The van der Waals surface area contributed by atoms with E-state index in [1.807, 2.05) is 44.2 Å². The van der Waals surface area contributed by atoms with Crippen LogP contribution in [0.3, 0.4) is 0 Å². The SMILES string of the molecule is CC[C@H](C)NC(=O)[C@H](C)N(CCc1ccccc1)C(=O)CN(c1ccc(F)c(Cl)c1)S(=O)(=O)c1ccccc1. The van der Waals surface area contributed by atoms with Gasteiger partial charge in [0.15, 0.2) is 0 Å². The van der Waals surface area contributed by atoms with Crippen LogP contribution in [-0.4, -0.2) is 50.3 Å². The van der Waals surface area contributed by atoms with E-state index in [2.05, 4.69) is 5.32 Å². The number of sulfonamides is 1. The quantitative estimate of drug-likeness (QED) is 0.328. The summed E-state index contributed by atoms with van der Waals surface area (Å²) in [6, 6.07) is 19.6. The Kier molecular flexibility index (Phi) is 10.5. The molecule has 3 rings (SSSR count). The monoisotopic (exact) mass is 573 g/mol. The molecule has 0 spiro atoms. The van der Waals surface area contributed by atoms with Crippen molar-refractivity contribution in [3.63, 3.8) is 0 Å². The third-order valence-electron chi connectivity index (χ3n) is 6.45. The van der Waals surface area contributed by atoms with Crippen molar-refractivity contribution in [2.75, 3.05) is 17.4 Å². The Labute approximate surface area is 234 Å². The molecule has 1 N–H and O–H groups in total. The highest BCUT2D eigenvalue weighted by Crippen LogP contribution is 2.28. The highest BCUT2D eigenvalue weighted by Gasteiger charge is 2.32. The van der Waals surface area contributed by atoms with Gasteiger partial charge in [-0.05, 0) is 62.6 Å². The zero-order valence-corrected chi connectivity index (χ0v) is 23.8. The van der Waals surface area contributed by atoms with Crippen LogP contribution in [0.2, 0.25) is 5.02 Å². The van der Waals surface area contributed by atoms with Crippen molar-refractivity contribution in [3.05, 3.63) is 95.3 Å². The minimum Gasteiger partial charge on any atom is -0.352 e. The average molecular weight is 574 g/mol. The number of hydrogen-bond donors (Lipinski definition) is 1. The third-order valence-corrected chi connectivity index (χ3v) is 8.53. The molecule has 39 heavy (non-hydrogen) atoms. The van der Waals surface area contributed by atoms with E-state index in [1.165, 1.54) is 23.1 Å². The summed E-state index contributed by atoms with van der Waals surface area (Å²) in [5.74, 6) is -1.64. The number of anilines is 1. The second-order valence-electron chi connectivity index (χ2n) is 9.24. The molecule has 0 aliphatic carbocycles. The standard InChI is InChI=1S/C29H33ClFN3O4S/c1-4-21(2)32-29(36)22(3)33(18-17-23-11-7-5-8-12-23)28(35)20-34(24-15-16-27(31)26(30)19-24)39(37,38)25-13-9-6-10-14-25/h5-16,19,21-22H,4,17-18,20H2,1-3H3,(H,32,36)/t21-,22-/m0/s1. The normalized spacial score (nSPS) is 12.8. The lowest BCUT2D eigenvalue weighted by Crippen LogP contribution is -2.53. The van der Waals surface area contributed by atoms with Crippen LogP contribution in [0.1, 0.15) is 32.8 Å². The number of halogens is 2. The van der Waals surface area contributed by atoms with Crippen molar-refractivity contribution in [3.8, 4) is 0 Å². The summed E-state index contributed by atoms with van der Waals surface area (Å²) in [6.45, 7) is 4.99. The zero-order chi connectivity index (χ0) is 28.6. The fourth-order valence-corrected chi connectivity index (χ4v) is 5.53. The lowest BCUT2D eigenvalue weighted by atomic mass is 10.1. The second-order valence-corrected chi connectivity index (χ2v) is 11.5. The lowest BCUT2D eigenvalue weighted by molar-refractivity contribution is -0.139. The van der Waals surface area contributed by atoms with Gasteiger partial charge in [0, 0.05) is 12.6 Å². The van der Waals surface area contributed by atoms with E-state index < -0.39 is 34.3 Å². The van der Waals surface area contributed by atoms with Crippen LogP contribution in [0.25, 0.3) is 0 Å². The van der Waals surface area contributed by atoms with Crippen molar-refractivity contribution in [1.82, 2.24) is 10.2 Å². The summed E-state index contributed by atoms with van der Waals surface area (Å²) in [7, 11) is -4.24. The first-order chi connectivity index (χ1) is 18.5. The molecule has 0 unspecified atom stereocenters. The molecule has 3 aromatic rings. The van der Waals surface area contributed by atoms with Crippen LogP contribution in [0, 0.1) is 5.82 Å². The molecule has 0 aliphatic heterocycles. The van der Waals surface area contributed by atoms with Crippen molar-refractivity contribution in [2.45, 2.75) is 50.6 Å². The van der Waals surface area contributed by atoms with E-state index in [-0.39, 0.29) is 34.1 Å². The molecule has 0 aliphatic rings. The van der Waals surface area contributed by atoms with Gasteiger partial charge in [-0.1, -0.05) is 67.1 Å². The largest absolute Gasteiger partial charge is 0.352 e. The van der Waals surface area contributed by atoms with Crippen LogP contribution in [0.4, 0.5) is 10.1 Å². The van der Waals surface area contributed by atoms with E-state index in [4.69, 9.17) is 11.6 Å². The molecule has 0 aromatic heterocycles. The van der Waals surface area contributed by atoms with Crippen molar-refractivity contribution in [1.29, 1.82) is 0 Å². The van der Waals surface area contributed by atoms with Gasteiger partial charge in [0.1, 0.15) is 18.4 Å². The van der Waals surface area contributed by atoms with Gasteiger partial charge in [-0.3, -0.25) is 13.9 Å². The average Bonchev–Trinajstić information content (AvgIpc) is 2.94. The fourth-order valence-electron chi connectivity index (χ4n) is 3.92. The molecule has 3 aromatic carbocycles. The van der Waals surface area contributed by atoms with E-state index in [9.17, 15) is 22.4 Å². The summed E-state index contributed by atoms with van der Waals surface area (Å²) in [4.78, 5) is 28.2. The smallest absolute Gasteiger partial charge is 0.264 e. The van der Waals surface area contributed by atoms with Gasteiger partial charge in [-0.25, -0.2) is 12.8 Å². The highest BCUT2D eigenvalue weighted by atomic mass is 35.5. The second kappa shape index (κ2) is 13.6. The van der Waals surface area contributed by atoms with E-state index in [0.717, 1.165) is 22.0 Å². The Balaban J connectivity index is 1.98. The van der Waals surface area contributed by atoms with Gasteiger partial charge in [0.05, 0.1) is 15.6 Å². The van der Waals surface area contributed by atoms with Crippen LogP contribution in [-0.2, 0) is 26.0 Å². The van der Waals surface area contributed by atoms with Crippen LogP contribution >= 0.6 is 11.6 Å². The molecule has 0 saturated carbocycles. The summed E-state index contributed by atoms with van der Waals surface area (Å²) in [5, 5.41) is 2.61. The Bertz CT molecular complexity index is 1370. The van der Waals surface area contributed by atoms with Crippen LogP contribution in [0.5, 0.6) is 0 Å². The minimum atomic E-state index is -4.24. The Hall–Kier alpha value is -3.43. The van der Waals surface area contributed by atoms with Crippen molar-refractivity contribution >= 4 is 39.1 Å². The molecule has 0 bridgehead atoms. The minimum absolute atomic E-state index is 0.0262. The molecular formula is C29H33ClFN3O4S. The number of hydrogen-bond acceptors (Lipinski definition) is 4. The Morgan fingerprint density at radius 2 is 1.59 bits per heavy atom. The molecule has 0 heterocycles. The molecule has 10 heteroatoms. The lowest BCUT2D eigenvalue weighted by Gasteiger charge is -2.32. The molecule has 2 atom stereocenters. The third kappa shape index (κ3) is 7.80. The molecule has 0 radical (unpaired) electrons. The van der Waals surface area contributed by atoms with Gasteiger partial charge in [-0.15, -0.1) is 0 Å². The molecule has 208 valence electrons. The number of carbonyl (C=O) groups is 2. The van der Waals surface area contributed by atoms with Gasteiger partial charge < -0.3 is 10.2 Å². The van der Waals surface area contributed by atoms with Crippen molar-refractivity contribution < 1.29 is 22.4 Å². The number of nitrogens with one attached hydrogen (secondary N) is 1. The fraction of sp³-hybridized carbons (Fsp3) is 0.310. The molecule has 0 fully saturated rings. The highest BCUT2D eigenvalue weighted by molar-refractivity contribution is 7.92. The van der Waals surface area contributed by atoms with E-state index in [0.29, 0.717) is 12.8 Å². The van der Waals surface area contributed by atoms with Gasteiger partial charge in [-0.2, -0.15) is 0 Å². The van der Waals surface area contributed by atoms with Gasteiger partial charge in [0.25, 0.3) is 10.0 Å². The van der Waals surface area contributed by atoms with E-state index >= 15 is 0 Å². The van der Waals surface area contributed by atoms with Crippen LogP contribution < -0.4 is 9.62 Å². The maximum atomic E-state index is 13.9. The van der Waals surface area contributed by atoms with Gasteiger partial charge >= 0.3 is 0 Å². The van der Waals surface area contributed by atoms with Crippen molar-refractivity contribution in [2.24, 2.45) is 0 Å².